The van der Waals surface area contributed by atoms with Gasteiger partial charge in [-0.3, -0.25) is 4.79 Å². The van der Waals surface area contributed by atoms with Gasteiger partial charge < -0.3 is 14.6 Å². The van der Waals surface area contributed by atoms with Gasteiger partial charge in [-0.1, -0.05) is 42.0 Å². The molecule has 0 spiro atoms. The molecule has 3 rings (SSSR count). The molecule has 0 aliphatic carbocycles. The van der Waals surface area contributed by atoms with E-state index in [-0.39, 0.29) is 11.9 Å². The molecule has 2 aromatic carbocycles. The van der Waals surface area contributed by atoms with Crippen molar-refractivity contribution in [3.63, 3.8) is 0 Å². The number of amides is 1. The first kappa shape index (κ1) is 17.7. The van der Waals surface area contributed by atoms with Gasteiger partial charge >= 0.3 is 0 Å². The minimum absolute atomic E-state index is 0.0521. The molecule has 1 unspecified atom stereocenters. The summed E-state index contributed by atoms with van der Waals surface area (Å²) in [5.41, 5.74) is 3.12. The highest BCUT2D eigenvalue weighted by Crippen LogP contribution is 2.21. The minimum atomic E-state index is -0.290. The molecule has 5 heteroatoms. The lowest BCUT2D eigenvalue weighted by molar-refractivity contribution is -0.121. The standard InChI is InChI=1S/C21H23N3O2/c1-15-4-8-17(9-5-15)20(21-22-12-13-24(21)2)23-19(25)14-16-6-10-18(26-3)11-7-16/h4-13,20H,14H2,1-3H3,(H,23,25). The summed E-state index contributed by atoms with van der Waals surface area (Å²) in [6.07, 6.45) is 3.93. The predicted molar refractivity (Wildman–Crippen MR) is 101 cm³/mol. The van der Waals surface area contributed by atoms with Crippen LogP contribution in [-0.4, -0.2) is 22.6 Å². The van der Waals surface area contributed by atoms with Gasteiger partial charge in [-0.2, -0.15) is 0 Å². The van der Waals surface area contributed by atoms with E-state index >= 15 is 0 Å². The van der Waals surface area contributed by atoms with Crippen LogP contribution in [0.2, 0.25) is 0 Å². The number of nitrogens with zero attached hydrogens (tertiary/aromatic N) is 2. The van der Waals surface area contributed by atoms with Crippen molar-refractivity contribution in [3.8, 4) is 5.75 Å². The summed E-state index contributed by atoms with van der Waals surface area (Å²) in [7, 11) is 3.56. The zero-order valence-corrected chi connectivity index (χ0v) is 15.3. The van der Waals surface area contributed by atoms with Crippen molar-refractivity contribution in [2.45, 2.75) is 19.4 Å². The summed E-state index contributed by atoms with van der Waals surface area (Å²) in [5.74, 6) is 1.53. The number of benzene rings is 2. The number of imidazole rings is 1. The van der Waals surface area contributed by atoms with E-state index in [0.717, 1.165) is 22.7 Å². The summed E-state index contributed by atoms with van der Waals surface area (Å²) >= 11 is 0. The molecule has 3 aromatic rings. The van der Waals surface area contributed by atoms with Crippen LogP contribution in [0, 0.1) is 6.92 Å². The van der Waals surface area contributed by atoms with Crippen molar-refractivity contribution < 1.29 is 9.53 Å². The molecule has 0 saturated heterocycles. The molecule has 0 radical (unpaired) electrons. The second-order valence-corrected chi connectivity index (χ2v) is 6.33. The van der Waals surface area contributed by atoms with Gasteiger partial charge in [-0.15, -0.1) is 0 Å². The number of hydrogen-bond donors (Lipinski definition) is 1. The largest absolute Gasteiger partial charge is 0.497 e. The average Bonchev–Trinajstić information content (AvgIpc) is 3.07. The lowest BCUT2D eigenvalue weighted by Crippen LogP contribution is -2.32. The Morgan fingerprint density at radius 2 is 1.85 bits per heavy atom. The van der Waals surface area contributed by atoms with Crippen LogP contribution in [0.1, 0.15) is 28.6 Å². The third-order valence-electron chi connectivity index (χ3n) is 4.36. The van der Waals surface area contributed by atoms with Crippen molar-refractivity contribution in [2.24, 2.45) is 7.05 Å². The van der Waals surface area contributed by atoms with Crippen LogP contribution in [0.25, 0.3) is 0 Å². The minimum Gasteiger partial charge on any atom is -0.497 e. The van der Waals surface area contributed by atoms with Gasteiger partial charge in [0.25, 0.3) is 0 Å². The quantitative estimate of drug-likeness (QED) is 0.744. The first-order valence-corrected chi connectivity index (χ1v) is 8.53. The Labute approximate surface area is 153 Å². The third-order valence-corrected chi connectivity index (χ3v) is 4.36. The van der Waals surface area contributed by atoms with Gasteiger partial charge in [0.2, 0.25) is 5.91 Å². The SMILES string of the molecule is COc1ccc(CC(=O)NC(c2ccc(C)cc2)c2nccn2C)cc1. The van der Waals surface area contributed by atoms with Crippen molar-refractivity contribution in [1.82, 2.24) is 14.9 Å². The van der Waals surface area contributed by atoms with Crippen molar-refractivity contribution in [3.05, 3.63) is 83.4 Å². The molecule has 0 bridgehead atoms. The number of nitrogens with one attached hydrogen (secondary N) is 1. The van der Waals surface area contributed by atoms with Crippen LogP contribution in [0.15, 0.2) is 60.9 Å². The van der Waals surface area contributed by atoms with E-state index in [1.165, 1.54) is 5.56 Å². The zero-order valence-electron chi connectivity index (χ0n) is 15.3. The van der Waals surface area contributed by atoms with E-state index in [9.17, 15) is 4.79 Å². The monoisotopic (exact) mass is 349 g/mol. The smallest absolute Gasteiger partial charge is 0.225 e. The van der Waals surface area contributed by atoms with Crippen LogP contribution in [0.5, 0.6) is 5.75 Å². The maximum atomic E-state index is 12.6. The molecular formula is C21H23N3O2. The number of aromatic nitrogens is 2. The number of aryl methyl sites for hydroxylation is 2. The second kappa shape index (κ2) is 7.87. The highest BCUT2D eigenvalue weighted by Gasteiger charge is 2.20. The Morgan fingerprint density at radius 3 is 2.42 bits per heavy atom. The van der Waals surface area contributed by atoms with Crippen LogP contribution in [-0.2, 0) is 18.3 Å². The topological polar surface area (TPSA) is 56.1 Å². The molecule has 0 aliphatic heterocycles. The number of carbonyl (C=O) groups excluding carboxylic acids is 1. The Hall–Kier alpha value is -3.08. The van der Waals surface area contributed by atoms with Crippen molar-refractivity contribution in [2.75, 3.05) is 7.11 Å². The van der Waals surface area contributed by atoms with Crippen LogP contribution >= 0.6 is 0 Å². The Bertz CT molecular complexity index is 867. The van der Waals surface area contributed by atoms with E-state index in [0.29, 0.717) is 6.42 Å². The van der Waals surface area contributed by atoms with Crippen LogP contribution < -0.4 is 10.1 Å². The molecule has 134 valence electrons. The molecule has 1 aromatic heterocycles. The van der Waals surface area contributed by atoms with E-state index in [1.54, 1.807) is 13.3 Å². The van der Waals surface area contributed by atoms with E-state index < -0.39 is 0 Å². The van der Waals surface area contributed by atoms with Crippen molar-refractivity contribution in [1.29, 1.82) is 0 Å². The fraction of sp³-hybridized carbons (Fsp3) is 0.238. The molecule has 5 nitrogen and oxygen atoms in total. The molecular weight excluding hydrogens is 326 g/mol. The predicted octanol–water partition coefficient (Wildman–Crippen LogP) is 3.19. The van der Waals surface area contributed by atoms with Crippen molar-refractivity contribution >= 4 is 5.91 Å². The van der Waals surface area contributed by atoms with Gasteiger partial charge in [-0.05, 0) is 30.2 Å². The fourth-order valence-corrected chi connectivity index (χ4v) is 2.85. The third kappa shape index (κ3) is 4.11. The highest BCUT2D eigenvalue weighted by atomic mass is 16.5. The number of hydrogen-bond acceptors (Lipinski definition) is 3. The van der Waals surface area contributed by atoms with E-state index in [4.69, 9.17) is 4.74 Å². The Balaban J connectivity index is 1.79. The molecule has 0 aliphatic rings. The lowest BCUT2D eigenvalue weighted by Gasteiger charge is -2.19. The van der Waals surface area contributed by atoms with Gasteiger partial charge in [0.15, 0.2) is 0 Å². The highest BCUT2D eigenvalue weighted by molar-refractivity contribution is 5.79. The maximum Gasteiger partial charge on any atom is 0.225 e. The fourth-order valence-electron chi connectivity index (χ4n) is 2.85. The van der Waals surface area contributed by atoms with Crippen LogP contribution in [0.4, 0.5) is 0 Å². The first-order valence-electron chi connectivity index (χ1n) is 8.53. The summed E-state index contributed by atoms with van der Waals surface area (Å²) in [6, 6.07) is 15.4. The summed E-state index contributed by atoms with van der Waals surface area (Å²) in [6.45, 7) is 2.04. The second-order valence-electron chi connectivity index (χ2n) is 6.33. The lowest BCUT2D eigenvalue weighted by atomic mass is 10.0. The maximum absolute atomic E-state index is 12.6. The number of ether oxygens (including phenoxy) is 1. The van der Waals surface area contributed by atoms with E-state index in [2.05, 4.69) is 10.3 Å². The number of carbonyl (C=O) groups is 1. The average molecular weight is 349 g/mol. The molecule has 0 saturated carbocycles. The Kier molecular flexibility index (Phi) is 5.37. The van der Waals surface area contributed by atoms with Gasteiger partial charge in [0, 0.05) is 19.4 Å². The van der Waals surface area contributed by atoms with Crippen LogP contribution in [0.3, 0.4) is 0 Å². The normalized spacial score (nSPS) is 11.8. The van der Waals surface area contributed by atoms with Gasteiger partial charge in [0.05, 0.1) is 13.5 Å². The molecule has 1 amide bonds. The van der Waals surface area contributed by atoms with E-state index in [1.807, 2.05) is 73.3 Å². The molecule has 1 heterocycles. The molecule has 26 heavy (non-hydrogen) atoms. The summed E-state index contributed by atoms with van der Waals surface area (Å²) < 4.78 is 7.09. The molecule has 0 fully saturated rings. The number of rotatable bonds is 6. The van der Waals surface area contributed by atoms with Gasteiger partial charge in [0.1, 0.15) is 17.6 Å². The first-order chi connectivity index (χ1) is 12.6. The summed E-state index contributed by atoms with van der Waals surface area (Å²) in [4.78, 5) is 17.1. The Morgan fingerprint density at radius 1 is 1.15 bits per heavy atom. The van der Waals surface area contributed by atoms with Gasteiger partial charge in [-0.25, -0.2) is 4.98 Å². The summed E-state index contributed by atoms with van der Waals surface area (Å²) in [5, 5.41) is 3.12. The molecule has 1 N–H and O–H groups in total. The zero-order chi connectivity index (χ0) is 18.5. The number of methoxy groups -OCH3 is 1. The molecule has 1 atom stereocenters.